The first-order chi connectivity index (χ1) is 11.4. The lowest BCUT2D eigenvalue weighted by Crippen LogP contribution is -2.26. The van der Waals surface area contributed by atoms with Crippen LogP contribution in [0.5, 0.6) is 5.75 Å². The molecule has 0 fully saturated rings. The van der Waals surface area contributed by atoms with Crippen molar-refractivity contribution in [2.45, 2.75) is 20.3 Å². The van der Waals surface area contributed by atoms with Crippen LogP contribution in [-0.2, 0) is 16.0 Å². The molecule has 0 unspecified atom stereocenters. The van der Waals surface area contributed by atoms with E-state index in [-0.39, 0.29) is 6.79 Å². The third-order valence-corrected chi connectivity index (χ3v) is 3.57. The fraction of sp³-hybridized carbons (Fsp3) is 0.263. The summed E-state index contributed by atoms with van der Waals surface area (Å²) in [5, 5.41) is 9.15. The van der Waals surface area contributed by atoms with Crippen molar-refractivity contribution in [3.8, 4) is 5.75 Å². The molecular formula is C19H20O5. The summed E-state index contributed by atoms with van der Waals surface area (Å²) >= 11 is 0. The number of carbonyl (C=O) groups is 2. The molecule has 0 bridgehead atoms. The van der Waals surface area contributed by atoms with E-state index >= 15 is 0 Å². The van der Waals surface area contributed by atoms with E-state index in [9.17, 15) is 9.59 Å². The smallest absolute Gasteiger partial charge is 0.340 e. The van der Waals surface area contributed by atoms with Crippen molar-refractivity contribution in [1.29, 1.82) is 0 Å². The van der Waals surface area contributed by atoms with Gasteiger partial charge in [-0.1, -0.05) is 30.3 Å². The van der Waals surface area contributed by atoms with E-state index in [0.717, 1.165) is 5.56 Å². The van der Waals surface area contributed by atoms with Gasteiger partial charge in [-0.25, -0.2) is 4.79 Å². The number of carboxylic acids is 1. The van der Waals surface area contributed by atoms with Gasteiger partial charge in [-0.3, -0.25) is 4.79 Å². The number of rotatable bonds is 7. The van der Waals surface area contributed by atoms with E-state index in [1.807, 2.05) is 6.07 Å². The number of carbonyl (C=O) groups excluding carboxylic acids is 1. The summed E-state index contributed by atoms with van der Waals surface area (Å²) in [7, 11) is 0. The summed E-state index contributed by atoms with van der Waals surface area (Å²) in [6.45, 7) is 3.18. The van der Waals surface area contributed by atoms with Crippen LogP contribution >= 0.6 is 0 Å². The summed E-state index contributed by atoms with van der Waals surface area (Å²) in [6.07, 6.45) is 0.422. The molecule has 1 N–H and O–H groups in total. The number of esters is 1. The van der Waals surface area contributed by atoms with Crippen LogP contribution in [0.25, 0.3) is 0 Å². The molecule has 0 atom stereocenters. The zero-order chi connectivity index (χ0) is 17.6. The molecule has 0 heterocycles. The molecule has 5 nitrogen and oxygen atoms in total. The minimum atomic E-state index is -0.837. The summed E-state index contributed by atoms with van der Waals surface area (Å²) in [6, 6.07) is 15.7. The van der Waals surface area contributed by atoms with Crippen molar-refractivity contribution in [3.63, 3.8) is 0 Å². The first-order valence-corrected chi connectivity index (χ1v) is 7.56. The molecule has 0 radical (unpaired) electrons. The van der Waals surface area contributed by atoms with Crippen molar-refractivity contribution in [3.05, 3.63) is 65.7 Å². The van der Waals surface area contributed by atoms with Gasteiger partial charge < -0.3 is 14.6 Å². The standard InChI is InChI=1S/C19H20O5/c1-19(2,18(21)22)12-14-8-10-16(11-9-14)23-13-24-17(20)15-6-4-3-5-7-15/h3-11H,12-13H2,1-2H3,(H,21,22). The van der Waals surface area contributed by atoms with E-state index in [4.69, 9.17) is 14.6 Å². The lowest BCUT2D eigenvalue weighted by molar-refractivity contribution is -0.146. The predicted octanol–water partition coefficient (Wildman–Crippen LogP) is 3.53. The van der Waals surface area contributed by atoms with Gasteiger partial charge in [-0.05, 0) is 50.1 Å². The van der Waals surface area contributed by atoms with Gasteiger partial charge in [0.15, 0.2) is 0 Å². The van der Waals surface area contributed by atoms with Crippen molar-refractivity contribution in [2.75, 3.05) is 6.79 Å². The molecule has 0 amide bonds. The molecule has 5 heteroatoms. The minimum Gasteiger partial charge on any atom is -0.481 e. The van der Waals surface area contributed by atoms with Gasteiger partial charge in [-0.15, -0.1) is 0 Å². The highest BCUT2D eigenvalue weighted by Crippen LogP contribution is 2.23. The first kappa shape index (κ1) is 17.5. The van der Waals surface area contributed by atoms with Gasteiger partial charge >= 0.3 is 11.9 Å². The van der Waals surface area contributed by atoms with E-state index in [0.29, 0.717) is 17.7 Å². The molecule has 126 valence electrons. The predicted molar refractivity (Wildman–Crippen MR) is 88.9 cm³/mol. The Morgan fingerprint density at radius 2 is 1.62 bits per heavy atom. The molecule has 24 heavy (non-hydrogen) atoms. The SMILES string of the molecule is CC(C)(Cc1ccc(OCOC(=O)c2ccccc2)cc1)C(=O)O. The second kappa shape index (κ2) is 7.64. The second-order valence-corrected chi connectivity index (χ2v) is 6.07. The summed E-state index contributed by atoms with van der Waals surface area (Å²) in [5.41, 5.74) is 0.538. The van der Waals surface area contributed by atoms with Gasteiger partial charge in [0.1, 0.15) is 5.75 Å². The van der Waals surface area contributed by atoms with Crippen LogP contribution in [0.15, 0.2) is 54.6 Å². The number of ether oxygens (including phenoxy) is 2. The van der Waals surface area contributed by atoms with Gasteiger partial charge in [0.05, 0.1) is 11.0 Å². The van der Waals surface area contributed by atoms with Crippen molar-refractivity contribution in [1.82, 2.24) is 0 Å². The Bertz CT molecular complexity index is 689. The summed E-state index contributed by atoms with van der Waals surface area (Å²) in [4.78, 5) is 22.9. The van der Waals surface area contributed by atoms with Crippen LogP contribution in [0.2, 0.25) is 0 Å². The van der Waals surface area contributed by atoms with Crippen LogP contribution in [-0.4, -0.2) is 23.8 Å². The van der Waals surface area contributed by atoms with Crippen molar-refractivity contribution in [2.24, 2.45) is 5.41 Å². The van der Waals surface area contributed by atoms with Crippen molar-refractivity contribution >= 4 is 11.9 Å². The van der Waals surface area contributed by atoms with Crippen LogP contribution in [0, 0.1) is 5.41 Å². The number of hydrogen-bond donors (Lipinski definition) is 1. The summed E-state index contributed by atoms with van der Waals surface area (Å²) < 4.78 is 10.4. The topological polar surface area (TPSA) is 72.8 Å². The van der Waals surface area contributed by atoms with Crippen molar-refractivity contribution < 1.29 is 24.2 Å². The third kappa shape index (κ3) is 4.84. The van der Waals surface area contributed by atoms with Crippen LogP contribution < -0.4 is 4.74 Å². The lowest BCUT2D eigenvalue weighted by atomic mass is 9.86. The van der Waals surface area contributed by atoms with Gasteiger partial charge in [-0.2, -0.15) is 0 Å². The van der Waals surface area contributed by atoms with E-state index in [1.54, 1.807) is 62.4 Å². The Balaban J connectivity index is 1.84. The summed E-state index contributed by atoms with van der Waals surface area (Å²) in [5.74, 6) is -0.737. The van der Waals surface area contributed by atoms with E-state index in [2.05, 4.69) is 0 Å². The number of hydrogen-bond acceptors (Lipinski definition) is 4. The fourth-order valence-corrected chi connectivity index (χ4v) is 2.10. The number of carboxylic acid groups (broad SMARTS) is 1. The highest BCUT2D eigenvalue weighted by atomic mass is 16.7. The monoisotopic (exact) mass is 328 g/mol. The molecule has 2 aromatic carbocycles. The molecule has 0 aliphatic heterocycles. The Hall–Kier alpha value is -2.82. The lowest BCUT2D eigenvalue weighted by Gasteiger charge is -2.19. The highest BCUT2D eigenvalue weighted by Gasteiger charge is 2.27. The van der Waals surface area contributed by atoms with E-state index in [1.165, 1.54) is 0 Å². The second-order valence-electron chi connectivity index (χ2n) is 6.07. The first-order valence-electron chi connectivity index (χ1n) is 7.56. The highest BCUT2D eigenvalue weighted by molar-refractivity contribution is 5.89. The van der Waals surface area contributed by atoms with Gasteiger partial charge in [0, 0.05) is 0 Å². The zero-order valence-corrected chi connectivity index (χ0v) is 13.7. The molecule has 0 spiro atoms. The maximum Gasteiger partial charge on any atom is 0.340 e. The Kier molecular flexibility index (Phi) is 5.58. The Labute approximate surface area is 140 Å². The Morgan fingerprint density at radius 1 is 1.00 bits per heavy atom. The molecule has 0 aliphatic rings. The fourth-order valence-electron chi connectivity index (χ4n) is 2.10. The average molecular weight is 328 g/mol. The van der Waals surface area contributed by atoms with Gasteiger partial charge in [0.2, 0.25) is 6.79 Å². The van der Waals surface area contributed by atoms with Crippen LogP contribution in [0.4, 0.5) is 0 Å². The Morgan fingerprint density at radius 3 is 2.21 bits per heavy atom. The normalized spacial score (nSPS) is 10.9. The maximum atomic E-state index is 11.8. The quantitative estimate of drug-likeness (QED) is 0.622. The molecule has 0 saturated carbocycles. The average Bonchev–Trinajstić information content (AvgIpc) is 2.56. The third-order valence-electron chi connectivity index (χ3n) is 3.57. The number of aliphatic carboxylic acids is 1. The molecule has 2 aromatic rings. The molecule has 2 rings (SSSR count). The zero-order valence-electron chi connectivity index (χ0n) is 13.7. The molecule has 0 aromatic heterocycles. The van der Waals surface area contributed by atoms with E-state index < -0.39 is 17.4 Å². The van der Waals surface area contributed by atoms with Gasteiger partial charge in [0.25, 0.3) is 0 Å². The number of benzene rings is 2. The molecular weight excluding hydrogens is 308 g/mol. The minimum absolute atomic E-state index is 0.187. The molecule has 0 aliphatic carbocycles. The molecule has 0 saturated heterocycles. The largest absolute Gasteiger partial charge is 0.481 e. The van der Waals surface area contributed by atoms with Crippen LogP contribution in [0.3, 0.4) is 0 Å². The maximum absolute atomic E-state index is 11.8. The van der Waals surface area contributed by atoms with Crippen LogP contribution in [0.1, 0.15) is 29.8 Å².